The number of hydrogen-bond acceptors (Lipinski definition) is 4. The minimum Gasteiger partial charge on any atom is -0.394 e. The van der Waals surface area contributed by atoms with E-state index in [1.54, 1.807) is 7.11 Å². The van der Waals surface area contributed by atoms with Crippen LogP contribution in [0.5, 0.6) is 0 Å². The van der Waals surface area contributed by atoms with Crippen LogP contribution in [0.2, 0.25) is 0 Å². The number of ether oxygens (including phenoxy) is 1. The van der Waals surface area contributed by atoms with Gasteiger partial charge in [0, 0.05) is 19.5 Å². The van der Waals surface area contributed by atoms with Gasteiger partial charge in [0.05, 0.1) is 12.1 Å². The van der Waals surface area contributed by atoms with E-state index in [9.17, 15) is 5.11 Å². The Labute approximate surface area is 127 Å². The molecule has 0 bridgehead atoms. The summed E-state index contributed by atoms with van der Waals surface area (Å²) in [6.45, 7) is 3.97. The van der Waals surface area contributed by atoms with Crippen LogP contribution in [-0.2, 0) is 10.3 Å². The van der Waals surface area contributed by atoms with Crippen LogP contribution in [0.4, 0.5) is 0 Å². The van der Waals surface area contributed by atoms with Gasteiger partial charge in [0.1, 0.15) is 0 Å². The standard InChI is InChI=1S/C16H27NO2S/c1-3-10-17-16(13-18,14-20-12-7-11-19-2)15-8-5-4-6-9-15/h4-6,8-9,17-18H,3,7,10-14H2,1-2H3. The Hall–Kier alpha value is -0.550. The van der Waals surface area contributed by atoms with Gasteiger partial charge in [-0.3, -0.25) is 0 Å². The largest absolute Gasteiger partial charge is 0.394 e. The van der Waals surface area contributed by atoms with Crippen molar-refractivity contribution in [3.63, 3.8) is 0 Å². The summed E-state index contributed by atoms with van der Waals surface area (Å²) in [7, 11) is 1.73. The molecule has 0 spiro atoms. The fourth-order valence-electron chi connectivity index (χ4n) is 2.10. The van der Waals surface area contributed by atoms with Crippen molar-refractivity contribution in [3.8, 4) is 0 Å². The molecule has 0 aliphatic heterocycles. The van der Waals surface area contributed by atoms with Gasteiger partial charge in [0.2, 0.25) is 0 Å². The van der Waals surface area contributed by atoms with Crippen molar-refractivity contribution < 1.29 is 9.84 Å². The summed E-state index contributed by atoms with van der Waals surface area (Å²) in [5, 5.41) is 13.5. The molecule has 0 saturated heterocycles. The quantitative estimate of drug-likeness (QED) is 0.616. The van der Waals surface area contributed by atoms with E-state index in [0.717, 1.165) is 43.1 Å². The summed E-state index contributed by atoms with van der Waals surface area (Å²) >= 11 is 1.87. The van der Waals surface area contributed by atoms with E-state index >= 15 is 0 Å². The number of aliphatic hydroxyl groups excluding tert-OH is 1. The third-order valence-corrected chi connectivity index (χ3v) is 4.57. The monoisotopic (exact) mass is 297 g/mol. The van der Waals surface area contributed by atoms with Crippen LogP contribution < -0.4 is 5.32 Å². The molecule has 0 aliphatic rings. The third kappa shape index (κ3) is 5.44. The first-order valence-corrected chi connectivity index (χ1v) is 8.42. The van der Waals surface area contributed by atoms with E-state index in [1.807, 2.05) is 30.0 Å². The molecule has 0 amide bonds. The number of benzene rings is 1. The second kappa shape index (κ2) is 10.2. The predicted octanol–water partition coefficient (Wildman–Crippen LogP) is 2.64. The second-order valence-electron chi connectivity index (χ2n) is 4.93. The van der Waals surface area contributed by atoms with Crippen molar-refractivity contribution in [2.24, 2.45) is 0 Å². The summed E-state index contributed by atoms with van der Waals surface area (Å²) in [5.74, 6) is 1.92. The molecule has 3 nitrogen and oxygen atoms in total. The van der Waals surface area contributed by atoms with E-state index in [1.165, 1.54) is 0 Å². The lowest BCUT2D eigenvalue weighted by Gasteiger charge is -2.33. The number of rotatable bonds is 11. The Morgan fingerprint density at radius 2 is 2.05 bits per heavy atom. The minimum atomic E-state index is -0.338. The number of thioether (sulfide) groups is 1. The molecule has 0 saturated carbocycles. The Bertz CT molecular complexity index is 348. The average molecular weight is 297 g/mol. The lowest BCUT2D eigenvalue weighted by atomic mass is 9.92. The van der Waals surface area contributed by atoms with Crippen LogP contribution >= 0.6 is 11.8 Å². The zero-order valence-electron chi connectivity index (χ0n) is 12.6. The van der Waals surface area contributed by atoms with E-state index in [0.29, 0.717) is 0 Å². The molecule has 4 heteroatoms. The van der Waals surface area contributed by atoms with Gasteiger partial charge in [-0.05, 0) is 30.7 Å². The summed E-state index contributed by atoms with van der Waals surface area (Å²) in [6, 6.07) is 10.3. The molecule has 1 aromatic carbocycles. The van der Waals surface area contributed by atoms with E-state index in [2.05, 4.69) is 24.4 Å². The average Bonchev–Trinajstić information content (AvgIpc) is 2.51. The molecule has 0 heterocycles. The topological polar surface area (TPSA) is 41.5 Å². The van der Waals surface area contributed by atoms with Gasteiger partial charge in [-0.1, -0.05) is 37.3 Å². The van der Waals surface area contributed by atoms with Gasteiger partial charge >= 0.3 is 0 Å². The van der Waals surface area contributed by atoms with Crippen molar-refractivity contribution in [3.05, 3.63) is 35.9 Å². The first kappa shape index (κ1) is 17.5. The Balaban J connectivity index is 2.67. The number of nitrogens with one attached hydrogen (secondary N) is 1. The fraction of sp³-hybridized carbons (Fsp3) is 0.625. The molecular weight excluding hydrogens is 270 g/mol. The number of aliphatic hydroxyl groups is 1. The maximum Gasteiger partial charge on any atom is 0.0760 e. The molecule has 0 fully saturated rings. The summed E-state index contributed by atoms with van der Waals surface area (Å²) < 4.78 is 5.07. The Morgan fingerprint density at radius 3 is 2.65 bits per heavy atom. The van der Waals surface area contributed by atoms with Crippen LogP contribution in [0.1, 0.15) is 25.3 Å². The van der Waals surface area contributed by atoms with E-state index in [-0.39, 0.29) is 12.1 Å². The van der Waals surface area contributed by atoms with Crippen LogP contribution in [0.25, 0.3) is 0 Å². The van der Waals surface area contributed by atoms with E-state index in [4.69, 9.17) is 4.74 Å². The van der Waals surface area contributed by atoms with Crippen LogP contribution in [0.15, 0.2) is 30.3 Å². The number of methoxy groups -OCH3 is 1. The van der Waals surface area contributed by atoms with Crippen molar-refractivity contribution in [2.75, 3.05) is 38.4 Å². The Kier molecular flexibility index (Phi) is 8.94. The highest BCUT2D eigenvalue weighted by atomic mass is 32.2. The fourth-order valence-corrected chi connectivity index (χ4v) is 3.28. The van der Waals surface area contributed by atoms with Gasteiger partial charge in [0.25, 0.3) is 0 Å². The van der Waals surface area contributed by atoms with Crippen molar-refractivity contribution in [1.82, 2.24) is 5.32 Å². The van der Waals surface area contributed by atoms with Crippen molar-refractivity contribution in [1.29, 1.82) is 0 Å². The SMILES string of the molecule is CCCNC(CO)(CSCCCOC)c1ccccc1. The van der Waals surface area contributed by atoms with Crippen LogP contribution in [0, 0.1) is 0 Å². The number of hydrogen-bond donors (Lipinski definition) is 2. The molecule has 0 aromatic heterocycles. The van der Waals surface area contributed by atoms with Gasteiger partial charge in [-0.25, -0.2) is 0 Å². The molecule has 0 aliphatic carbocycles. The summed E-state index contributed by atoms with van der Waals surface area (Å²) in [6.07, 6.45) is 2.11. The van der Waals surface area contributed by atoms with Gasteiger partial charge in [-0.2, -0.15) is 11.8 Å². The highest BCUT2D eigenvalue weighted by Crippen LogP contribution is 2.26. The zero-order chi connectivity index (χ0) is 14.7. The first-order chi connectivity index (χ1) is 9.79. The molecule has 1 atom stereocenters. The summed E-state index contributed by atoms with van der Waals surface area (Å²) in [5.41, 5.74) is 0.824. The van der Waals surface area contributed by atoms with Gasteiger partial charge in [-0.15, -0.1) is 0 Å². The van der Waals surface area contributed by atoms with Crippen molar-refractivity contribution >= 4 is 11.8 Å². The lowest BCUT2D eigenvalue weighted by Crippen LogP contribution is -2.48. The molecule has 20 heavy (non-hydrogen) atoms. The zero-order valence-corrected chi connectivity index (χ0v) is 13.4. The molecule has 114 valence electrons. The molecule has 2 N–H and O–H groups in total. The summed E-state index contributed by atoms with van der Waals surface area (Å²) in [4.78, 5) is 0. The van der Waals surface area contributed by atoms with Gasteiger partial charge < -0.3 is 15.2 Å². The molecule has 1 aromatic rings. The van der Waals surface area contributed by atoms with E-state index < -0.39 is 0 Å². The van der Waals surface area contributed by atoms with Crippen molar-refractivity contribution in [2.45, 2.75) is 25.3 Å². The second-order valence-corrected chi connectivity index (χ2v) is 6.04. The first-order valence-electron chi connectivity index (χ1n) is 7.27. The smallest absolute Gasteiger partial charge is 0.0760 e. The van der Waals surface area contributed by atoms with Crippen LogP contribution in [0.3, 0.4) is 0 Å². The van der Waals surface area contributed by atoms with Crippen LogP contribution in [-0.4, -0.2) is 43.5 Å². The molecular formula is C16H27NO2S. The molecule has 1 unspecified atom stereocenters. The molecule has 1 rings (SSSR count). The third-order valence-electron chi connectivity index (χ3n) is 3.30. The maximum absolute atomic E-state index is 9.96. The highest BCUT2D eigenvalue weighted by Gasteiger charge is 2.30. The molecule has 0 radical (unpaired) electrons. The lowest BCUT2D eigenvalue weighted by molar-refractivity contribution is 0.179. The maximum atomic E-state index is 9.96. The Morgan fingerprint density at radius 1 is 1.30 bits per heavy atom. The highest BCUT2D eigenvalue weighted by molar-refractivity contribution is 7.99. The normalized spacial score (nSPS) is 14.2. The van der Waals surface area contributed by atoms with Gasteiger partial charge in [0.15, 0.2) is 0 Å². The predicted molar refractivity (Wildman–Crippen MR) is 87.3 cm³/mol. The minimum absolute atomic E-state index is 0.119.